The van der Waals surface area contributed by atoms with Crippen LogP contribution in [0.4, 0.5) is 0 Å². The van der Waals surface area contributed by atoms with Gasteiger partial charge in [0.25, 0.3) is 0 Å². The van der Waals surface area contributed by atoms with Crippen molar-refractivity contribution in [3.8, 4) is 6.07 Å². The molecule has 0 bridgehead atoms. The van der Waals surface area contributed by atoms with Crippen molar-refractivity contribution in [1.82, 2.24) is 0 Å². The fourth-order valence-corrected chi connectivity index (χ4v) is 6.13. The van der Waals surface area contributed by atoms with Gasteiger partial charge in [-0.3, -0.25) is 0 Å². The highest BCUT2D eigenvalue weighted by Crippen LogP contribution is 2.47. The highest BCUT2D eigenvalue weighted by Gasteiger charge is 2.38. The van der Waals surface area contributed by atoms with Crippen molar-refractivity contribution in [2.75, 3.05) is 0 Å². The van der Waals surface area contributed by atoms with Gasteiger partial charge in [-0.25, -0.2) is 0 Å². The van der Waals surface area contributed by atoms with E-state index in [0.717, 1.165) is 24.2 Å². The number of hydrogen-bond donors (Lipinski definition) is 0. The normalized spacial score (nSPS) is 30.8. The first kappa shape index (κ1) is 23.8. The number of nitrogens with zero attached hydrogens (tertiary/aromatic N) is 1. The number of unbranched alkanes of at least 4 members (excludes halogenated alkanes) is 8. The van der Waals surface area contributed by atoms with Crippen molar-refractivity contribution in [3.63, 3.8) is 0 Å². The molecule has 2 aliphatic carbocycles. The molecule has 0 heterocycles. The summed E-state index contributed by atoms with van der Waals surface area (Å²) >= 11 is 0. The van der Waals surface area contributed by atoms with Crippen LogP contribution in [0.15, 0.2) is 0 Å². The first-order valence-electron chi connectivity index (χ1n) is 13.1. The van der Waals surface area contributed by atoms with Crippen LogP contribution < -0.4 is 0 Å². The van der Waals surface area contributed by atoms with Crippen LogP contribution in [-0.2, 0) is 0 Å². The van der Waals surface area contributed by atoms with Crippen LogP contribution in [0, 0.1) is 34.5 Å². The highest BCUT2D eigenvalue weighted by molar-refractivity contribution is 5.02. The Kier molecular flexibility index (Phi) is 11.6. The van der Waals surface area contributed by atoms with Crippen LogP contribution >= 0.6 is 0 Å². The molecule has 0 atom stereocenters. The van der Waals surface area contributed by atoms with Gasteiger partial charge in [-0.15, -0.1) is 0 Å². The molecule has 0 unspecified atom stereocenters. The molecule has 28 heavy (non-hydrogen) atoms. The monoisotopic (exact) mass is 387 g/mol. The Morgan fingerprint density at radius 3 is 1.82 bits per heavy atom. The minimum Gasteiger partial charge on any atom is -0.198 e. The van der Waals surface area contributed by atoms with Gasteiger partial charge in [0.05, 0.1) is 11.5 Å². The largest absolute Gasteiger partial charge is 0.198 e. The fourth-order valence-electron chi connectivity index (χ4n) is 6.13. The van der Waals surface area contributed by atoms with Crippen molar-refractivity contribution >= 4 is 0 Å². The Bertz CT molecular complexity index is 418. The van der Waals surface area contributed by atoms with Gasteiger partial charge >= 0.3 is 0 Å². The lowest BCUT2D eigenvalue weighted by Crippen LogP contribution is -2.31. The van der Waals surface area contributed by atoms with Crippen molar-refractivity contribution in [2.24, 2.45) is 23.2 Å². The average Bonchev–Trinajstić information content (AvgIpc) is 2.74. The molecule has 0 N–H and O–H groups in total. The van der Waals surface area contributed by atoms with Gasteiger partial charge < -0.3 is 0 Å². The predicted octanol–water partition coefficient (Wildman–Crippen LogP) is 9.21. The zero-order valence-corrected chi connectivity index (χ0v) is 19.3. The first-order chi connectivity index (χ1) is 13.7. The zero-order chi connectivity index (χ0) is 20.1. The molecule has 2 fully saturated rings. The SMILES string of the molecule is CCCCCCCCCC1CCC([C@H]2CC[C@](C#N)(CCCCC)CC2)CC1. The molecule has 0 amide bonds. The molecule has 0 aromatic carbocycles. The van der Waals surface area contributed by atoms with E-state index < -0.39 is 0 Å². The van der Waals surface area contributed by atoms with Gasteiger partial charge in [0.15, 0.2) is 0 Å². The van der Waals surface area contributed by atoms with Crippen molar-refractivity contribution in [2.45, 2.75) is 142 Å². The summed E-state index contributed by atoms with van der Waals surface area (Å²) in [7, 11) is 0. The molecule has 0 aliphatic heterocycles. The third kappa shape index (κ3) is 8.08. The summed E-state index contributed by atoms with van der Waals surface area (Å²) in [5.74, 6) is 2.95. The first-order valence-corrected chi connectivity index (χ1v) is 13.1. The van der Waals surface area contributed by atoms with Gasteiger partial charge in [-0.05, 0) is 62.7 Å². The number of hydrogen-bond acceptors (Lipinski definition) is 1. The quantitative estimate of drug-likeness (QED) is 0.289. The van der Waals surface area contributed by atoms with E-state index in [2.05, 4.69) is 19.9 Å². The van der Waals surface area contributed by atoms with Crippen molar-refractivity contribution in [1.29, 1.82) is 5.26 Å². The smallest absolute Gasteiger partial charge is 0.0689 e. The van der Waals surface area contributed by atoms with E-state index in [-0.39, 0.29) is 5.41 Å². The zero-order valence-electron chi connectivity index (χ0n) is 19.3. The summed E-state index contributed by atoms with van der Waals surface area (Å²) in [6.07, 6.45) is 27.7. The van der Waals surface area contributed by atoms with E-state index >= 15 is 0 Å². The van der Waals surface area contributed by atoms with Crippen LogP contribution in [-0.4, -0.2) is 0 Å². The van der Waals surface area contributed by atoms with Crippen LogP contribution in [0.3, 0.4) is 0 Å². The fraction of sp³-hybridized carbons (Fsp3) is 0.963. The molecule has 0 radical (unpaired) electrons. The molecule has 0 spiro atoms. The van der Waals surface area contributed by atoms with E-state index in [4.69, 9.17) is 0 Å². The Balaban J connectivity index is 1.58. The third-order valence-electron chi connectivity index (χ3n) is 8.26. The van der Waals surface area contributed by atoms with Crippen LogP contribution in [0.1, 0.15) is 142 Å². The van der Waals surface area contributed by atoms with E-state index in [1.807, 2.05) is 0 Å². The molecular formula is C27H49N. The molecule has 162 valence electrons. The molecular weight excluding hydrogens is 338 g/mol. The van der Waals surface area contributed by atoms with Crippen LogP contribution in [0.5, 0.6) is 0 Å². The van der Waals surface area contributed by atoms with E-state index in [9.17, 15) is 5.26 Å². The van der Waals surface area contributed by atoms with E-state index in [1.165, 1.54) is 122 Å². The summed E-state index contributed by atoms with van der Waals surface area (Å²) in [5, 5.41) is 9.79. The minimum atomic E-state index is 0.0417. The summed E-state index contributed by atoms with van der Waals surface area (Å²) in [6.45, 7) is 4.57. The molecule has 0 aromatic heterocycles. The maximum Gasteiger partial charge on any atom is 0.0689 e. The van der Waals surface area contributed by atoms with Gasteiger partial charge in [0, 0.05) is 0 Å². The summed E-state index contributed by atoms with van der Waals surface area (Å²) in [5.41, 5.74) is 0.0417. The van der Waals surface area contributed by atoms with Gasteiger partial charge in [-0.2, -0.15) is 5.26 Å². The lowest BCUT2D eigenvalue weighted by atomic mass is 9.63. The summed E-state index contributed by atoms with van der Waals surface area (Å²) < 4.78 is 0. The average molecular weight is 388 g/mol. The Morgan fingerprint density at radius 2 is 1.21 bits per heavy atom. The van der Waals surface area contributed by atoms with E-state index in [1.54, 1.807) is 0 Å². The van der Waals surface area contributed by atoms with E-state index in [0.29, 0.717) is 0 Å². The molecule has 2 saturated carbocycles. The van der Waals surface area contributed by atoms with Crippen LogP contribution in [0.2, 0.25) is 0 Å². The standard InChI is InChI=1S/C27H49N/c1-3-5-7-8-9-10-11-13-24-14-16-25(17-15-24)26-18-21-27(23-28,22-19-26)20-12-6-4-2/h24-26H,3-22H2,1-2H3/t24?,25?,26-,27+. The molecule has 1 heteroatoms. The minimum absolute atomic E-state index is 0.0417. The molecule has 2 aliphatic rings. The Labute approximate surface area is 177 Å². The molecule has 1 nitrogen and oxygen atoms in total. The number of nitriles is 1. The lowest BCUT2D eigenvalue weighted by Gasteiger charge is -2.41. The number of rotatable bonds is 13. The maximum atomic E-state index is 9.79. The molecule has 0 aromatic rings. The Morgan fingerprint density at radius 1 is 0.679 bits per heavy atom. The van der Waals surface area contributed by atoms with Crippen molar-refractivity contribution in [3.05, 3.63) is 0 Å². The summed E-state index contributed by atoms with van der Waals surface area (Å²) in [4.78, 5) is 0. The van der Waals surface area contributed by atoms with Crippen LogP contribution in [0.25, 0.3) is 0 Å². The second-order valence-electron chi connectivity index (χ2n) is 10.4. The topological polar surface area (TPSA) is 23.8 Å². The highest BCUT2D eigenvalue weighted by atomic mass is 14.4. The second kappa shape index (κ2) is 13.7. The van der Waals surface area contributed by atoms with Crippen molar-refractivity contribution < 1.29 is 0 Å². The molecule has 0 saturated heterocycles. The van der Waals surface area contributed by atoms with Gasteiger partial charge in [0.2, 0.25) is 0 Å². The van der Waals surface area contributed by atoms with Gasteiger partial charge in [-0.1, -0.05) is 97.3 Å². The second-order valence-corrected chi connectivity index (χ2v) is 10.4. The lowest BCUT2D eigenvalue weighted by molar-refractivity contribution is 0.114. The maximum absolute atomic E-state index is 9.79. The summed E-state index contributed by atoms with van der Waals surface area (Å²) in [6, 6.07) is 2.75. The molecule has 2 rings (SSSR count). The Hall–Kier alpha value is -0.510. The third-order valence-corrected chi connectivity index (χ3v) is 8.26. The van der Waals surface area contributed by atoms with Gasteiger partial charge in [0.1, 0.15) is 0 Å². The predicted molar refractivity (Wildman–Crippen MR) is 122 cm³/mol.